The van der Waals surface area contributed by atoms with Crippen LogP contribution in [-0.4, -0.2) is 33.4 Å². The maximum absolute atomic E-state index is 14.1. The second-order valence-electron chi connectivity index (χ2n) is 9.79. The molecule has 0 spiro atoms. The van der Waals surface area contributed by atoms with Crippen molar-refractivity contribution in [3.63, 3.8) is 0 Å². The van der Waals surface area contributed by atoms with Gasteiger partial charge in [-0.2, -0.15) is 10.9 Å². The van der Waals surface area contributed by atoms with Gasteiger partial charge in [0.25, 0.3) is 15.9 Å². The number of hydrogen-bond acceptors (Lipinski definition) is 7. The molecule has 9 nitrogen and oxygen atoms in total. The van der Waals surface area contributed by atoms with Gasteiger partial charge in [-0.1, -0.05) is 17.7 Å². The van der Waals surface area contributed by atoms with E-state index in [1.807, 2.05) is 11.5 Å². The number of amides is 1. The Hall–Kier alpha value is -3.45. The quantitative estimate of drug-likeness (QED) is 0.123. The summed E-state index contributed by atoms with van der Waals surface area (Å²) in [4.78, 5) is 26.1. The molecule has 1 aliphatic heterocycles. The number of rotatable bonds is 11. The maximum atomic E-state index is 14.1. The molecule has 0 bridgehead atoms. The van der Waals surface area contributed by atoms with Crippen molar-refractivity contribution < 1.29 is 31.6 Å². The first kappa shape index (κ1) is 32.0. The molecule has 44 heavy (non-hydrogen) atoms. The van der Waals surface area contributed by atoms with Crippen LogP contribution in [0.4, 0.5) is 5.69 Å². The van der Waals surface area contributed by atoms with Gasteiger partial charge in [0.15, 0.2) is 4.67 Å². The van der Waals surface area contributed by atoms with E-state index in [-0.39, 0.29) is 36.3 Å². The van der Waals surface area contributed by atoms with Gasteiger partial charge in [-0.15, -0.1) is 0 Å². The molecule has 2 aromatic carbocycles. The summed E-state index contributed by atoms with van der Waals surface area (Å²) in [7, 11) is -5.15. The topological polar surface area (TPSA) is 119 Å². The Kier molecular flexibility index (Phi) is 9.64. The first-order chi connectivity index (χ1) is 21.0. The van der Waals surface area contributed by atoms with Gasteiger partial charge in [-0.25, -0.2) is 13.2 Å². The molecule has 0 fully saturated rings. The fourth-order valence-corrected chi connectivity index (χ4v) is 8.96. The molecule has 0 aliphatic carbocycles. The molecule has 232 valence electrons. The average molecular weight is 722 g/mol. The zero-order chi connectivity index (χ0) is 31.6. The summed E-state index contributed by atoms with van der Waals surface area (Å²) in [6.07, 6.45) is 3.63. The maximum Gasteiger partial charge on any atom is 0.374 e. The lowest BCUT2D eigenvalue weighted by Gasteiger charge is -2.27. The number of aryl methyl sites for hydroxylation is 1. The number of hydrogen-bond donors (Lipinski definition) is 2. The normalized spacial score (nSPS) is 15.4. The van der Waals surface area contributed by atoms with Crippen LogP contribution in [0, 0.1) is 6.92 Å². The third kappa shape index (κ3) is 6.49. The second kappa shape index (κ2) is 13.3. The number of carbonyl (C=O) groups is 2. The zero-order valence-electron chi connectivity index (χ0n) is 24.1. The van der Waals surface area contributed by atoms with E-state index in [1.54, 1.807) is 57.2 Å². The molecule has 3 heterocycles. The van der Waals surface area contributed by atoms with Crippen molar-refractivity contribution >= 4 is 77.0 Å². The number of nitrogens with one attached hydrogen (secondary N) is 1. The van der Waals surface area contributed by atoms with Crippen LogP contribution < -0.4 is 9.62 Å². The van der Waals surface area contributed by atoms with E-state index >= 15 is 0 Å². The van der Waals surface area contributed by atoms with Crippen LogP contribution in [0.2, 0.25) is 5.02 Å². The number of thiol groups is 1. The Morgan fingerprint density at radius 1 is 1.09 bits per heavy atom. The highest BCUT2D eigenvalue weighted by molar-refractivity contribution is 9.10. The van der Waals surface area contributed by atoms with E-state index in [9.17, 15) is 18.0 Å². The van der Waals surface area contributed by atoms with Crippen LogP contribution in [0.1, 0.15) is 41.3 Å². The SMILES string of the molecule is CCOC(=O)c1oc2ccc(S(=O)(=O)N(CC)c3ccc(Cl)cc3C[SH]3C=CC=C3C(=O)NCc3ccc(Br)o3)cc2c1C. The monoisotopic (exact) mass is 720 g/mol. The number of esters is 1. The number of fused-ring (bicyclic) bond motifs is 1. The molecule has 1 aliphatic rings. The molecule has 0 saturated heterocycles. The van der Waals surface area contributed by atoms with Gasteiger partial charge in [0, 0.05) is 28.3 Å². The van der Waals surface area contributed by atoms with Gasteiger partial charge in [0.1, 0.15) is 11.3 Å². The number of anilines is 1. The first-order valence-corrected chi connectivity index (χ1v) is 17.9. The molecule has 1 atom stereocenters. The van der Waals surface area contributed by atoms with Crippen LogP contribution in [-0.2, 0) is 31.9 Å². The van der Waals surface area contributed by atoms with Gasteiger partial charge in [-0.05, 0) is 102 Å². The largest absolute Gasteiger partial charge is 0.460 e. The molecular formula is C31H30BrClN2O7S2. The Morgan fingerprint density at radius 3 is 2.59 bits per heavy atom. The molecule has 1 unspecified atom stereocenters. The second-order valence-corrected chi connectivity index (χ2v) is 14.9. The van der Waals surface area contributed by atoms with Crippen molar-refractivity contribution in [3.8, 4) is 0 Å². The molecule has 0 saturated carbocycles. The van der Waals surface area contributed by atoms with Crippen LogP contribution in [0.25, 0.3) is 11.0 Å². The molecule has 13 heteroatoms. The molecule has 5 rings (SSSR count). The lowest BCUT2D eigenvalue weighted by Crippen LogP contribution is -2.31. The summed E-state index contributed by atoms with van der Waals surface area (Å²) in [5.74, 6) is 0.236. The van der Waals surface area contributed by atoms with Gasteiger partial charge in [-0.3, -0.25) is 9.10 Å². The third-order valence-electron chi connectivity index (χ3n) is 7.01. The van der Waals surface area contributed by atoms with Crippen molar-refractivity contribution in [2.75, 3.05) is 17.5 Å². The van der Waals surface area contributed by atoms with Crippen molar-refractivity contribution in [1.82, 2.24) is 5.32 Å². The minimum absolute atomic E-state index is 0.0422. The van der Waals surface area contributed by atoms with Gasteiger partial charge in [0.2, 0.25) is 5.76 Å². The highest BCUT2D eigenvalue weighted by Gasteiger charge is 2.29. The van der Waals surface area contributed by atoms with Crippen LogP contribution in [0.3, 0.4) is 0 Å². The van der Waals surface area contributed by atoms with Crippen molar-refractivity contribution in [2.45, 2.75) is 38.0 Å². The van der Waals surface area contributed by atoms with Gasteiger partial charge < -0.3 is 18.9 Å². The molecular weight excluding hydrogens is 692 g/mol. The van der Waals surface area contributed by atoms with E-state index in [0.29, 0.717) is 53.9 Å². The van der Waals surface area contributed by atoms with Gasteiger partial charge in [0.05, 0.1) is 28.6 Å². The first-order valence-electron chi connectivity index (χ1n) is 13.7. The summed E-state index contributed by atoms with van der Waals surface area (Å²) < 4.78 is 46.4. The highest BCUT2D eigenvalue weighted by atomic mass is 79.9. The third-order valence-corrected chi connectivity index (χ3v) is 11.7. The minimum Gasteiger partial charge on any atom is -0.460 e. The smallest absolute Gasteiger partial charge is 0.374 e. The number of ether oxygens (including phenoxy) is 1. The van der Waals surface area contributed by atoms with Crippen molar-refractivity contribution in [3.05, 3.63) is 103 Å². The van der Waals surface area contributed by atoms with E-state index in [1.165, 1.54) is 22.5 Å². The van der Waals surface area contributed by atoms with E-state index in [4.69, 9.17) is 25.2 Å². The lowest BCUT2D eigenvalue weighted by molar-refractivity contribution is -0.117. The number of nitrogens with zero attached hydrogens (tertiary/aromatic N) is 1. The molecule has 4 aromatic rings. The zero-order valence-corrected chi connectivity index (χ0v) is 28.1. The highest BCUT2D eigenvalue weighted by Crippen LogP contribution is 2.46. The molecule has 1 N–H and O–H groups in total. The average Bonchev–Trinajstić information content (AvgIpc) is 3.72. The van der Waals surface area contributed by atoms with Crippen molar-refractivity contribution in [2.24, 2.45) is 0 Å². The Bertz CT molecular complexity index is 1910. The summed E-state index contributed by atoms with van der Waals surface area (Å²) in [5.41, 5.74) is 2.04. The summed E-state index contributed by atoms with van der Waals surface area (Å²) >= 11 is 9.66. The summed E-state index contributed by atoms with van der Waals surface area (Å²) in [6.45, 7) is 5.70. The number of halogens is 2. The summed E-state index contributed by atoms with van der Waals surface area (Å²) in [5, 5.41) is 5.83. The van der Waals surface area contributed by atoms with E-state index in [2.05, 4.69) is 21.2 Å². The number of sulfonamides is 1. The number of carbonyl (C=O) groups excluding carboxylic acids is 2. The number of allylic oxidation sites excluding steroid dienone is 2. The molecule has 0 radical (unpaired) electrons. The van der Waals surface area contributed by atoms with Crippen LogP contribution in [0.5, 0.6) is 0 Å². The fourth-order valence-electron chi connectivity index (χ4n) is 4.92. The Morgan fingerprint density at radius 2 is 1.89 bits per heavy atom. The standard InChI is InChI=1S/C31H30BrClN2O7S2/c1-4-35(44(38,39)23-10-12-26-24(16-23)19(3)29(42-26)31(37)40-5-2)25-11-8-21(33)15-20(25)18-43-14-6-7-27(43)30(36)34-17-22-9-13-28(32)41-22/h6-16,43H,4-5,17-18H2,1-3H3,(H,34,36). The predicted molar refractivity (Wildman–Crippen MR) is 177 cm³/mol. The predicted octanol–water partition coefficient (Wildman–Crippen LogP) is 7.37. The molecule has 1 amide bonds. The Labute approximate surface area is 271 Å². The van der Waals surface area contributed by atoms with Crippen molar-refractivity contribution in [1.29, 1.82) is 0 Å². The summed E-state index contributed by atoms with van der Waals surface area (Å²) in [6, 6.07) is 13.1. The molecule has 2 aromatic heterocycles. The number of benzene rings is 2. The number of furan rings is 2. The van der Waals surface area contributed by atoms with Crippen LogP contribution in [0.15, 0.2) is 89.4 Å². The lowest BCUT2D eigenvalue weighted by atomic mass is 10.1. The van der Waals surface area contributed by atoms with Gasteiger partial charge >= 0.3 is 5.97 Å². The van der Waals surface area contributed by atoms with E-state index in [0.717, 1.165) is 0 Å². The minimum atomic E-state index is -4.06. The van der Waals surface area contributed by atoms with Crippen LogP contribution >= 0.6 is 38.4 Å². The Balaban J connectivity index is 1.42. The fraction of sp³-hybridized carbons (Fsp3) is 0.226. The van der Waals surface area contributed by atoms with E-state index < -0.39 is 26.9 Å².